The summed E-state index contributed by atoms with van der Waals surface area (Å²) in [4.78, 5) is 10.9. The van der Waals surface area contributed by atoms with E-state index in [-0.39, 0.29) is 10.8 Å². The van der Waals surface area contributed by atoms with Crippen LogP contribution in [0.25, 0.3) is 0 Å². The van der Waals surface area contributed by atoms with E-state index in [9.17, 15) is 16.8 Å². The van der Waals surface area contributed by atoms with E-state index in [1.165, 1.54) is 9.75 Å². The number of aryl methyl sites for hydroxylation is 2. The second-order valence-corrected chi connectivity index (χ2v) is 12.8. The highest BCUT2D eigenvalue weighted by Crippen LogP contribution is 2.16. The molecule has 14 heteroatoms. The first-order chi connectivity index (χ1) is 13.6. The summed E-state index contributed by atoms with van der Waals surface area (Å²) in [5.41, 5.74) is 5.98. The molecule has 0 aliphatic heterocycles. The fourth-order valence-corrected chi connectivity index (χ4v) is 5.76. The molecule has 0 saturated carbocycles. The van der Waals surface area contributed by atoms with Gasteiger partial charge in [-0.1, -0.05) is 0 Å². The molecule has 0 aliphatic rings. The van der Waals surface area contributed by atoms with Crippen LogP contribution in [0.3, 0.4) is 0 Å². The molecule has 174 valence electrons. The summed E-state index contributed by atoms with van der Waals surface area (Å²) >= 11 is 15.0. The standard InChI is InChI=1S/2C7H10ClNS.C2H6O6S2/c2*1-5(8)3-7-6(2)9-4-10-7;3-9(4,5)1-2-10(6,7)8/h2*4-5H,3H2,1-2H3;1-2H2,(H,3,4,5)(H,6,7,8). The van der Waals surface area contributed by atoms with Gasteiger partial charge in [-0.05, 0) is 40.5 Å². The van der Waals surface area contributed by atoms with Gasteiger partial charge in [0.15, 0.2) is 0 Å². The van der Waals surface area contributed by atoms with E-state index in [1.54, 1.807) is 22.7 Å². The molecular formula is C16H26Cl2N2O6S4. The molecule has 0 amide bonds. The zero-order chi connectivity index (χ0) is 23.5. The largest absolute Gasteiger partial charge is 0.286 e. The zero-order valence-electron chi connectivity index (χ0n) is 16.9. The Kier molecular flexibility index (Phi) is 13.8. The average molecular weight is 542 g/mol. The third kappa shape index (κ3) is 16.4. The highest BCUT2D eigenvalue weighted by molar-refractivity contribution is 7.89. The Labute approximate surface area is 196 Å². The van der Waals surface area contributed by atoms with Crippen molar-refractivity contribution in [3.63, 3.8) is 0 Å². The van der Waals surface area contributed by atoms with Gasteiger partial charge in [0.2, 0.25) is 0 Å². The normalized spacial score (nSPS) is 13.5. The molecule has 2 aromatic rings. The molecule has 2 rings (SSSR count). The fourth-order valence-electron chi connectivity index (χ4n) is 1.77. The van der Waals surface area contributed by atoms with Gasteiger partial charge < -0.3 is 0 Å². The number of thiazole rings is 2. The lowest BCUT2D eigenvalue weighted by atomic mass is 10.2. The third-order valence-corrected chi connectivity index (χ3v) is 7.14. The minimum absolute atomic E-state index is 0.221. The van der Waals surface area contributed by atoms with Crippen LogP contribution in [-0.2, 0) is 33.1 Å². The van der Waals surface area contributed by atoms with E-state index in [0.29, 0.717) is 0 Å². The van der Waals surface area contributed by atoms with Gasteiger partial charge in [0.05, 0.1) is 33.9 Å². The molecule has 0 bridgehead atoms. The van der Waals surface area contributed by atoms with Crippen molar-refractivity contribution in [2.24, 2.45) is 0 Å². The lowest BCUT2D eigenvalue weighted by Gasteiger charge is -1.98. The van der Waals surface area contributed by atoms with E-state index < -0.39 is 31.7 Å². The second-order valence-electron chi connectivity index (χ2n) is 6.26. The number of alkyl halides is 2. The van der Waals surface area contributed by atoms with Crippen molar-refractivity contribution in [2.75, 3.05) is 11.5 Å². The smallest absolute Gasteiger partial charge is 0.265 e. The molecule has 0 radical (unpaired) electrons. The lowest BCUT2D eigenvalue weighted by Crippen LogP contribution is -2.15. The van der Waals surface area contributed by atoms with Gasteiger partial charge in [-0.25, -0.2) is 9.97 Å². The van der Waals surface area contributed by atoms with Gasteiger partial charge in [0.25, 0.3) is 20.2 Å². The molecule has 0 aromatic carbocycles. The minimum Gasteiger partial charge on any atom is -0.286 e. The predicted molar refractivity (Wildman–Crippen MR) is 125 cm³/mol. The summed E-state index contributed by atoms with van der Waals surface area (Å²) in [6.45, 7) is 8.04. The van der Waals surface area contributed by atoms with Crippen molar-refractivity contribution >= 4 is 66.1 Å². The van der Waals surface area contributed by atoms with Gasteiger partial charge in [-0.3, -0.25) is 9.11 Å². The van der Waals surface area contributed by atoms with Crippen LogP contribution in [0.15, 0.2) is 11.0 Å². The van der Waals surface area contributed by atoms with Gasteiger partial charge in [0.1, 0.15) is 0 Å². The quantitative estimate of drug-likeness (QED) is 0.397. The Bertz CT molecular complexity index is 878. The molecule has 2 unspecified atom stereocenters. The molecule has 0 spiro atoms. The Hall–Kier alpha value is -0.340. The Balaban J connectivity index is 0.000000420. The molecule has 2 N–H and O–H groups in total. The first kappa shape index (κ1) is 29.7. The summed E-state index contributed by atoms with van der Waals surface area (Å²) < 4.78 is 55.4. The summed E-state index contributed by atoms with van der Waals surface area (Å²) in [5.74, 6) is -1.96. The Morgan fingerprint density at radius 1 is 0.833 bits per heavy atom. The molecule has 2 heterocycles. The topological polar surface area (TPSA) is 135 Å². The summed E-state index contributed by atoms with van der Waals surface area (Å²) in [6, 6.07) is 0. The van der Waals surface area contributed by atoms with Crippen LogP contribution in [0.1, 0.15) is 35.0 Å². The van der Waals surface area contributed by atoms with E-state index in [0.717, 1.165) is 24.2 Å². The summed E-state index contributed by atoms with van der Waals surface area (Å²) in [5, 5.41) is 0.443. The molecular weight excluding hydrogens is 515 g/mol. The highest BCUT2D eigenvalue weighted by atomic mass is 35.5. The van der Waals surface area contributed by atoms with Crippen molar-refractivity contribution in [1.82, 2.24) is 9.97 Å². The number of hydrogen-bond donors (Lipinski definition) is 2. The number of hydrogen-bond acceptors (Lipinski definition) is 8. The van der Waals surface area contributed by atoms with Crippen LogP contribution in [-0.4, -0.2) is 58.2 Å². The minimum atomic E-state index is -4.30. The summed E-state index contributed by atoms with van der Waals surface area (Å²) in [6.07, 6.45) is 1.89. The van der Waals surface area contributed by atoms with E-state index in [4.69, 9.17) is 32.3 Å². The first-order valence-corrected chi connectivity index (χ1v) is 14.4. The van der Waals surface area contributed by atoms with Gasteiger partial charge in [0, 0.05) is 20.5 Å². The number of halogens is 2. The van der Waals surface area contributed by atoms with Crippen LogP contribution >= 0.6 is 45.9 Å². The van der Waals surface area contributed by atoms with Crippen LogP contribution < -0.4 is 0 Å². The van der Waals surface area contributed by atoms with Crippen LogP contribution in [0.4, 0.5) is 0 Å². The Morgan fingerprint density at radius 2 is 1.13 bits per heavy atom. The van der Waals surface area contributed by atoms with Gasteiger partial charge >= 0.3 is 0 Å². The van der Waals surface area contributed by atoms with Crippen molar-refractivity contribution < 1.29 is 25.9 Å². The fraction of sp³-hybridized carbons (Fsp3) is 0.625. The lowest BCUT2D eigenvalue weighted by molar-refractivity contribution is 0.472. The van der Waals surface area contributed by atoms with Gasteiger partial charge in [-0.2, -0.15) is 16.8 Å². The number of aromatic nitrogens is 2. The summed E-state index contributed by atoms with van der Waals surface area (Å²) in [7, 11) is -8.59. The van der Waals surface area contributed by atoms with Crippen LogP contribution in [0.2, 0.25) is 0 Å². The van der Waals surface area contributed by atoms with Crippen molar-refractivity contribution in [3.8, 4) is 0 Å². The van der Waals surface area contributed by atoms with Crippen molar-refractivity contribution in [3.05, 3.63) is 32.2 Å². The maximum absolute atomic E-state index is 9.86. The molecule has 0 saturated heterocycles. The maximum atomic E-state index is 9.86. The van der Waals surface area contributed by atoms with Gasteiger partial charge in [-0.15, -0.1) is 45.9 Å². The number of rotatable bonds is 7. The van der Waals surface area contributed by atoms with Crippen molar-refractivity contribution in [2.45, 2.75) is 51.3 Å². The second kappa shape index (κ2) is 13.9. The van der Waals surface area contributed by atoms with E-state index in [1.807, 2.05) is 38.7 Å². The molecule has 0 fully saturated rings. The zero-order valence-corrected chi connectivity index (χ0v) is 21.7. The predicted octanol–water partition coefficient (Wildman–Crippen LogP) is 4.00. The number of nitrogens with zero attached hydrogens (tertiary/aromatic N) is 2. The maximum Gasteiger partial charge on any atom is 0.265 e. The molecule has 30 heavy (non-hydrogen) atoms. The molecule has 2 aromatic heterocycles. The highest BCUT2D eigenvalue weighted by Gasteiger charge is 2.11. The monoisotopic (exact) mass is 540 g/mol. The molecule has 2 atom stereocenters. The van der Waals surface area contributed by atoms with Crippen LogP contribution in [0, 0.1) is 13.8 Å². The Morgan fingerprint density at radius 3 is 1.30 bits per heavy atom. The van der Waals surface area contributed by atoms with E-state index >= 15 is 0 Å². The SMILES string of the molecule is Cc1ncsc1CC(C)Cl.Cc1ncsc1CC(C)Cl.O=S(=O)(O)CCS(=O)(=O)O. The van der Waals surface area contributed by atoms with E-state index in [2.05, 4.69) is 9.97 Å². The molecule has 0 aliphatic carbocycles. The molecule has 8 nitrogen and oxygen atoms in total. The van der Waals surface area contributed by atoms with Crippen molar-refractivity contribution in [1.29, 1.82) is 0 Å². The average Bonchev–Trinajstić information content (AvgIpc) is 3.14. The first-order valence-electron chi connectivity index (χ1n) is 8.57. The van der Waals surface area contributed by atoms with Crippen LogP contribution in [0.5, 0.6) is 0 Å². The third-order valence-electron chi connectivity index (χ3n) is 3.22.